The summed E-state index contributed by atoms with van der Waals surface area (Å²) in [7, 11) is 1.56. The van der Waals surface area contributed by atoms with E-state index in [2.05, 4.69) is 29.0 Å². The second-order valence-corrected chi connectivity index (χ2v) is 3.30. The highest BCUT2D eigenvalue weighted by Crippen LogP contribution is 2.18. The molecule has 0 aliphatic heterocycles. The first-order chi connectivity index (χ1) is 7.29. The maximum absolute atomic E-state index is 4.98. The molecule has 0 aliphatic carbocycles. The van der Waals surface area contributed by atoms with Gasteiger partial charge < -0.3 is 4.74 Å². The molecule has 0 N–H and O–H groups in total. The molecule has 76 valence electrons. The summed E-state index contributed by atoms with van der Waals surface area (Å²) in [6.07, 6.45) is 1.70. The number of nitrogens with zero attached hydrogens (tertiary/aromatic N) is 2. The van der Waals surface area contributed by atoms with Gasteiger partial charge in [0.25, 0.3) is 0 Å². The molecule has 0 bridgehead atoms. The molecule has 2 rings (SSSR count). The minimum atomic E-state index is 0.397. The van der Waals surface area contributed by atoms with Crippen molar-refractivity contribution in [3.63, 3.8) is 0 Å². The average molecular weight is 200 g/mol. The molecule has 0 spiro atoms. The fraction of sp³-hybridized carbons (Fsp3) is 0.167. The van der Waals surface area contributed by atoms with E-state index in [0.29, 0.717) is 6.01 Å². The van der Waals surface area contributed by atoms with Crippen molar-refractivity contribution in [3.8, 4) is 17.3 Å². The zero-order valence-corrected chi connectivity index (χ0v) is 8.77. The van der Waals surface area contributed by atoms with Crippen LogP contribution in [0.25, 0.3) is 11.3 Å². The van der Waals surface area contributed by atoms with E-state index in [0.717, 1.165) is 11.3 Å². The predicted octanol–water partition coefficient (Wildman–Crippen LogP) is 2.46. The molecule has 3 heteroatoms. The Morgan fingerprint density at radius 2 is 2.07 bits per heavy atom. The molecule has 0 aliphatic rings. The topological polar surface area (TPSA) is 35.0 Å². The van der Waals surface area contributed by atoms with Crippen molar-refractivity contribution in [2.45, 2.75) is 6.92 Å². The number of rotatable bonds is 2. The minimum absolute atomic E-state index is 0.397. The van der Waals surface area contributed by atoms with Gasteiger partial charge in [-0.25, -0.2) is 4.98 Å². The quantitative estimate of drug-likeness (QED) is 0.747. The predicted molar refractivity (Wildman–Crippen MR) is 58.8 cm³/mol. The highest BCUT2D eigenvalue weighted by Gasteiger charge is 2.01. The Morgan fingerprint density at radius 3 is 2.80 bits per heavy atom. The lowest BCUT2D eigenvalue weighted by Gasteiger charge is -2.03. The van der Waals surface area contributed by atoms with Crippen LogP contribution in [-0.2, 0) is 0 Å². The van der Waals surface area contributed by atoms with Gasteiger partial charge in [0.15, 0.2) is 0 Å². The number of ether oxygens (including phenoxy) is 1. The smallest absolute Gasteiger partial charge is 0.316 e. The summed E-state index contributed by atoms with van der Waals surface area (Å²) >= 11 is 0. The highest BCUT2D eigenvalue weighted by atomic mass is 16.5. The Morgan fingerprint density at radius 1 is 1.20 bits per heavy atom. The van der Waals surface area contributed by atoms with Gasteiger partial charge in [-0.2, -0.15) is 4.98 Å². The third-order valence-corrected chi connectivity index (χ3v) is 2.13. The van der Waals surface area contributed by atoms with E-state index in [4.69, 9.17) is 4.74 Å². The van der Waals surface area contributed by atoms with Gasteiger partial charge in [-0.3, -0.25) is 0 Å². The number of aryl methyl sites for hydroxylation is 1. The Balaban J connectivity index is 2.44. The summed E-state index contributed by atoms with van der Waals surface area (Å²) in [6.45, 7) is 2.06. The third-order valence-electron chi connectivity index (χ3n) is 2.13. The van der Waals surface area contributed by atoms with Gasteiger partial charge in [0.1, 0.15) is 0 Å². The molecular weight excluding hydrogens is 188 g/mol. The van der Waals surface area contributed by atoms with Crippen molar-refractivity contribution in [2.75, 3.05) is 7.11 Å². The number of methoxy groups -OCH3 is 1. The van der Waals surface area contributed by atoms with Crippen LogP contribution in [0.2, 0.25) is 0 Å². The monoisotopic (exact) mass is 200 g/mol. The van der Waals surface area contributed by atoms with Crippen LogP contribution in [0.15, 0.2) is 36.5 Å². The van der Waals surface area contributed by atoms with Crippen LogP contribution in [0.1, 0.15) is 5.56 Å². The molecule has 1 aromatic carbocycles. The number of aromatic nitrogens is 2. The fourth-order valence-electron chi connectivity index (χ4n) is 1.40. The van der Waals surface area contributed by atoms with Crippen LogP contribution in [0.5, 0.6) is 6.01 Å². The maximum Gasteiger partial charge on any atom is 0.316 e. The van der Waals surface area contributed by atoms with Gasteiger partial charge in [-0.1, -0.05) is 23.8 Å². The van der Waals surface area contributed by atoms with Gasteiger partial charge >= 0.3 is 6.01 Å². The molecule has 1 heterocycles. The molecule has 3 nitrogen and oxygen atoms in total. The Hall–Kier alpha value is -1.90. The lowest BCUT2D eigenvalue weighted by molar-refractivity contribution is 0.380. The van der Waals surface area contributed by atoms with E-state index < -0.39 is 0 Å². The van der Waals surface area contributed by atoms with E-state index in [9.17, 15) is 0 Å². The van der Waals surface area contributed by atoms with E-state index in [1.165, 1.54) is 5.56 Å². The van der Waals surface area contributed by atoms with Crippen LogP contribution in [-0.4, -0.2) is 17.1 Å². The van der Waals surface area contributed by atoms with Crippen LogP contribution in [0, 0.1) is 6.92 Å². The number of hydrogen-bond acceptors (Lipinski definition) is 3. The molecule has 0 radical (unpaired) electrons. The van der Waals surface area contributed by atoms with Gasteiger partial charge in [-0.05, 0) is 19.1 Å². The molecule has 0 amide bonds. The summed E-state index contributed by atoms with van der Waals surface area (Å²) in [5.74, 6) is 0. The lowest BCUT2D eigenvalue weighted by atomic mass is 10.1. The zero-order valence-electron chi connectivity index (χ0n) is 8.77. The van der Waals surface area contributed by atoms with Crippen molar-refractivity contribution < 1.29 is 4.74 Å². The lowest BCUT2D eigenvalue weighted by Crippen LogP contribution is -1.92. The van der Waals surface area contributed by atoms with Crippen LogP contribution in [0.3, 0.4) is 0 Å². The van der Waals surface area contributed by atoms with Crippen molar-refractivity contribution in [3.05, 3.63) is 42.1 Å². The summed E-state index contributed by atoms with van der Waals surface area (Å²) < 4.78 is 4.98. The Labute approximate surface area is 88.8 Å². The number of benzene rings is 1. The summed E-state index contributed by atoms with van der Waals surface area (Å²) in [6, 6.07) is 10.4. The molecule has 0 saturated heterocycles. The normalized spacial score (nSPS) is 10.0. The van der Waals surface area contributed by atoms with Crippen LogP contribution >= 0.6 is 0 Å². The molecule has 2 aromatic rings. The van der Waals surface area contributed by atoms with Crippen molar-refractivity contribution in [2.24, 2.45) is 0 Å². The Bertz CT molecular complexity index is 469. The second-order valence-electron chi connectivity index (χ2n) is 3.30. The molecule has 0 atom stereocenters. The summed E-state index contributed by atoms with van der Waals surface area (Å²) in [5.41, 5.74) is 3.17. The second kappa shape index (κ2) is 4.09. The first kappa shape index (κ1) is 9.65. The SMILES string of the molecule is COc1nccc(-c2cccc(C)c2)n1. The molecule has 1 aromatic heterocycles. The first-order valence-corrected chi connectivity index (χ1v) is 4.73. The number of hydrogen-bond donors (Lipinski definition) is 0. The summed E-state index contributed by atoms with van der Waals surface area (Å²) in [5, 5.41) is 0. The zero-order chi connectivity index (χ0) is 10.7. The average Bonchev–Trinajstić information content (AvgIpc) is 2.29. The van der Waals surface area contributed by atoms with Gasteiger partial charge in [0, 0.05) is 11.8 Å². The van der Waals surface area contributed by atoms with Crippen molar-refractivity contribution in [1.82, 2.24) is 9.97 Å². The molecular formula is C12H12N2O. The third kappa shape index (κ3) is 2.13. The molecule has 15 heavy (non-hydrogen) atoms. The first-order valence-electron chi connectivity index (χ1n) is 4.73. The van der Waals surface area contributed by atoms with Gasteiger partial charge in [0.05, 0.1) is 12.8 Å². The van der Waals surface area contributed by atoms with Gasteiger partial charge in [-0.15, -0.1) is 0 Å². The van der Waals surface area contributed by atoms with E-state index in [-0.39, 0.29) is 0 Å². The maximum atomic E-state index is 4.98. The van der Waals surface area contributed by atoms with E-state index in [1.54, 1.807) is 13.3 Å². The van der Waals surface area contributed by atoms with Crippen molar-refractivity contribution in [1.29, 1.82) is 0 Å². The molecule has 0 unspecified atom stereocenters. The standard InChI is InChI=1S/C12H12N2O/c1-9-4-3-5-10(8-9)11-6-7-13-12(14-11)15-2/h3-8H,1-2H3. The van der Waals surface area contributed by atoms with Crippen LogP contribution in [0.4, 0.5) is 0 Å². The van der Waals surface area contributed by atoms with E-state index in [1.807, 2.05) is 18.2 Å². The fourth-order valence-corrected chi connectivity index (χ4v) is 1.40. The van der Waals surface area contributed by atoms with Crippen molar-refractivity contribution >= 4 is 0 Å². The largest absolute Gasteiger partial charge is 0.467 e. The van der Waals surface area contributed by atoms with Crippen LogP contribution < -0.4 is 4.74 Å². The summed E-state index contributed by atoms with van der Waals surface area (Å²) in [4.78, 5) is 8.24. The highest BCUT2D eigenvalue weighted by molar-refractivity contribution is 5.59. The minimum Gasteiger partial charge on any atom is -0.467 e. The molecule has 0 fully saturated rings. The Kier molecular flexibility index (Phi) is 2.63. The van der Waals surface area contributed by atoms with E-state index >= 15 is 0 Å². The molecule has 0 saturated carbocycles. The van der Waals surface area contributed by atoms with Gasteiger partial charge in [0.2, 0.25) is 0 Å².